The second-order valence-corrected chi connectivity index (χ2v) is 13.7. The lowest BCUT2D eigenvalue weighted by molar-refractivity contribution is -0.143. The predicted molar refractivity (Wildman–Crippen MR) is 186 cm³/mol. The second-order valence-electron chi connectivity index (χ2n) is 12.1. The monoisotopic (exact) mass is 821 g/mol. The molecule has 2 fully saturated rings. The first-order valence-electron chi connectivity index (χ1n) is 16.1. The van der Waals surface area contributed by atoms with Crippen LogP contribution in [0.2, 0.25) is 0 Å². The zero-order chi connectivity index (χ0) is 40.3. The van der Waals surface area contributed by atoms with Crippen molar-refractivity contribution in [3.63, 3.8) is 0 Å². The molecule has 2 heterocycles. The molecular formula is C35H28F9N3O6S2. The average molecular weight is 822 g/mol. The molecule has 2 N–H and O–H groups in total. The van der Waals surface area contributed by atoms with Crippen molar-refractivity contribution < 1.29 is 68.5 Å². The Morgan fingerprint density at radius 3 is 2.02 bits per heavy atom. The van der Waals surface area contributed by atoms with Crippen molar-refractivity contribution in [3.8, 4) is 16.9 Å². The number of carbonyl (C=O) groups excluding carboxylic acids is 2. The Labute approximate surface area is 316 Å². The van der Waals surface area contributed by atoms with Gasteiger partial charge in [0.05, 0.1) is 40.4 Å². The highest BCUT2D eigenvalue weighted by atomic mass is 32.2. The molecule has 0 radical (unpaired) electrons. The first-order valence-corrected chi connectivity index (χ1v) is 17.3. The summed E-state index contributed by atoms with van der Waals surface area (Å²) >= 11 is 5.94. The van der Waals surface area contributed by atoms with Crippen LogP contribution < -0.4 is 10.1 Å². The quantitative estimate of drug-likeness (QED) is 0.113. The van der Waals surface area contributed by atoms with Gasteiger partial charge in [-0.15, -0.1) is 0 Å². The van der Waals surface area contributed by atoms with Gasteiger partial charge in [0, 0.05) is 49.4 Å². The largest absolute Gasteiger partial charge is 0.491 e. The van der Waals surface area contributed by atoms with E-state index in [1.165, 1.54) is 24.3 Å². The number of aromatic carboxylic acids is 1. The first kappa shape index (κ1) is 41.5. The number of hydrogen-bond acceptors (Lipinski definition) is 8. The van der Waals surface area contributed by atoms with Crippen LogP contribution in [-0.4, -0.2) is 83.0 Å². The molecule has 2 saturated heterocycles. The number of halogens is 9. The third-order valence-corrected chi connectivity index (χ3v) is 9.62. The topological polar surface area (TPSA) is 108 Å². The van der Waals surface area contributed by atoms with E-state index in [9.17, 15) is 53.9 Å². The Hall–Kier alpha value is -4.66. The number of carboxylic acid groups (broad SMARTS) is 1. The normalized spacial score (nSPS) is 16.5. The van der Waals surface area contributed by atoms with Gasteiger partial charge in [0.25, 0.3) is 5.91 Å². The molecule has 0 saturated carbocycles. The second kappa shape index (κ2) is 16.6. The van der Waals surface area contributed by atoms with Gasteiger partial charge in [0.2, 0.25) is 5.91 Å². The number of nitrogens with zero attached hydrogens (tertiary/aromatic N) is 2. The summed E-state index contributed by atoms with van der Waals surface area (Å²) < 4.78 is 137. The molecule has 9 nitrogen and oxygen atoms in total. The van der Waals surface area contributed by atoms with Gasteiger partial charge >= 0.3 is 24.5 Å². The molecule has 5 rings (SSSR count). The predicted octanol–water partition coefficient (Wildman–Crippen LogP) is 8.05. The van der Waals surface area contributed by atoms with Gasteiger partial charge in [0.1, 0.15) is 16.7 Å². The highest BCUT2D eigenvalue weighted by Crippen LogP contribution is 2.45. The van der Waals surface area contributed by atoms with Crippen LogP contribution in [0.15, 0.2) is 59.5 Å². The molecule has 0 bridgehead atoms. The third-order valence-electron chi connectivity index (χ3n) is 8.24. The maximum atomic E-state index is 14.3. The number of benzene rings is 3. The van der Waals surface area contributed by atoms with Crippen LogP contribution in [0.5, 0.6) is 5.75 Å². The number of morpholine rings is 1. The molecular weight excluding hydrogens is 794 g/mol. The summed E-state index contributed by atoms with van der Waals surface area (Å²) in [5, 5.41) is 11.6. The number of ether oxygens (including phenoxy) is 2. The molecule has 3 aromatic carbocycles. The number of thiocarbonyl (C=S) groups is 1. The fourth-order valence-corrected chi connectivity index (χ4v) is 6.78. The molecule has 0 atom stereocenters. The molecule has 55 heavy (non-hydrogen) atoms. The van der Waals surface area contributed by atoms with E-state index in [4.69, 9.17) is 26.8 Å². The van der Waals surface area contributed by atoms with E-state index in [1.54, 1.807) is 0 Å². The molecule has 0 aromatic heterocycles. The maximum absolute atomic E-state index is 14.3. The van der Waals surface area contributed by atoms with Gasteiger partial charge in [-0.05, 0) is 66.2 Å². The standard InChI is InChI=1S/C35H28F9N3O6S2/c36-33(37,38)22-13-20(14-23(17-22)34(39,40)41)26-18-24(35(42,43)44)15-21(29(26)53-12-9-46-7-10-52-11-8-46)16-27-30(49)47(32(54)55-27)6-5-28(48)45-25-3-1-19(2-4-25)31(50)51/h1-4,13-18H,5-12H2,(H,45,48)(H,50,51)/b27-16-. The fraction of sp³-hybridized carbons (Fsp3) is 0.314. The summed E-state index contributed by atoms with van der Waals surface area (Å²) in [4.78, 5) is 39.8. The van der Waals surface area contributed by atoms with Crippen molar-refractivity contribution in [3.05, 3.63) is 87.3 Å². The van der Waals surface area contributed by atoms with Gasteiger partial charge in [-0.3, -0.25) is 19.4 Å². The molecule has 294 valence electrons. The summed E-state index contributed by atoms with van der Waals surface area (Å²) in [5.41, 5.74) is -6.87. The number of alkyl halides is 9. The molecule has 0 spiro atoms. The van der Waals surface area contributed by atoms with Gasteiger partial charge in [-0.25, -0.2) is 4.79 Å². The van der Waals surface area contributed by atoms with Crippen LogP contribution in [0.4, 0.5) is 45.2 Å². The lowest BCUT2D eigenvalue weighted by Gasteiger charge is -2.27. The number of nitrogens with one attached hydrogen (secondary N) is 1. The highest BCUT2D eigenvalue weighted by molar-refractivity contribution is 8.26. The Morgan fingerprint density at radius 2 is 1.45 bits per heavy atom. The number of thioether (sulfide) groups is 1. The smallest absolute Gasteiger partial charge is 0.416 e. The number of hydrogen-bond donors (Lipinski definition) is 2. The minimum atomic E-state index is -5.31. The number of anilines is 1. The summed E-state index contributed by atoms with van der Waals surface area (Å²) in [7, 11) is 0. The Kier molecular flexibility index (Phi) is 12.5. The summed E-state index contributed by atoms with van der Waals surface area (Å²) in [6.07, 6.45) is -15.1. The zero-order valence-corrected chi connectivity index (χ0v) is 29.7. The lowest BCUT2D eigenvalue weighted by Crippen LogP contribution is -2.38. The van der Waals surface area contributed by atoms with Crippen molar-refractivity contribution in [2.75, 3.05) is 51.3 Å². The Morgan fingerprint density at radius 1 is 0.873 bits per heavy atom. The minimum Gasteiger partial charge on any atom is -0.491 e. The molecule has 2 aliphatic rings. The van der Waals surface area contributed by atoms with Crippen molar-refractivity contribution >= 4 is 57.8 Å². The maximum Gasteiger partial charge on any atom is 0.416 e. The molecule has 3 aromatic rings. The van der Waals surface area contributed by atoms with Crippen molar-refractivity contribution in [1.82, 2.24) is 9.80 Å². The Bertz CT molecular complexity index is 1960. The van der Waals surface area contributed by atoms with Gasteiger partial charge in [-0.2, -0.15) is 39.5 Å². The van der Waals surface area contributed by atoms with Crippen LogP contribution in [0, 0.1) is 0 Å². The van der Waals surface area contributed by atoms with Crippen LogP contribution >= 0.6 is 24.0 Å². The fourth-order valence-electron chi connectivity index (χ4n) is 5.48. The van der Waals surface area contributed by atoms with Crippen LogP contribution in [0.25, 0.3) is 17.2 Å². The van der Waals surface area contributed by atoms with Gasteiger partial charge < -0.3 is 19.9 Å². The van der Waals surface area contributed by atoms with E-state index in [1.807, 2.05) is 4.90 Å². The van der Waals surface area contributed by atoms with E-state index in [0.717, 1.165) is 11.0 Å². The number of amides is 2. The molecule has 0 aliphatic carbocycles. The Balaban J connectivity index is 1.52. The van der Waals surface area contributed by atoms with Crippen LogP contribution in [-0.2, 0) is 32.9 Å². The van der Waals surface area contributed by atoms with E-state index in [0.29, 0.717) is 50.2 Å². The highest BCUT2D eigenvalue weighted by Gasteiger charge is 2.39. The van der Waals surface area contributed by atoms with Gasteiger partial charge in [-0.1, -0.05) is 24.0 Å². The lowest BCUT2D eigenvalue weighted by atomic mass is 9.94. The summed E-state index contributed by atoms with van der Waals surface area (Å²) in [6.45, 7) is 1.25. The number of carbonyl (C=O) groups is 3. The number of rotatable bonds is 11. The van der Waals surface area contributed by atoms with Crippen molar-refractivity contribution in [1.29, 1.82) is 0 Å². The van der Waals surface area contributed by atoms with E-state index >= 15 is 0 Å². The van der Waals surface area contributed by atoms with Gasteiger partial charge in [0.15, 0.2) is 0 Å². The SMILES string of the molecule is O=C(CCN1C(=O)/C(=C/c2cc(C(F)(F)F)cc(-c3cc(C(F)(F)F)cc(C(F)(F)F)c3)c2OCCN2CCOCC2)SC1=S)Nc1ccc(C(=O)O)cc1. The molecule has 20 heteroatoms. The minimum absolute atomic E-state index is 0.0261. The summed E-state index contributed by atoms with van der Waals surface area (Å²) in [5.74, 6) is -3.14. The average Bonchev–Trinajstić information content (AvgIpc) is 3.37. The van der Waals surface area contributed by atoms with Crippen molar-refractivity contribution in [2.45, 2.75) is 24.9 Å². The van der Waals surface area contributed by atoms with E-state index < -0.39 is 75.4 Å². The van der Waals surface area contributed by atoms with Crippen molar-refractivity contribution in [2.24, 2.45) is 0 Å². The summed E-state index contributed by atoms with van der Waals surface area (Å²) in [6, 6.07) is 6.56. The molecule has 2 aliphatic heterocycles. The molecule has 2 amide bonds. The third kappa shape index (κ3) is 10.6. The van der Waals surface area contributed by atoms with E-state index in [-0.39, 0.29) is 64.8 Å². The van der Waals surface area contributed by atoms with Crippen LogP contribution in [0.1, 0.15) is 39.0 Å². The first-order chi connectivity index (χ1) is 25.7. The van der Waals surface area contributed by atoms with E-state index in [2.05, 4.69) is 5.32 Å². The number of carboxylic acids is 1. The van der Waals surface area contributed by atoms with Crippen LogP contribution in [0.3, 0.4) is 0 Å². The zero-order valence-electron chi connectivity index (χ0n) is 28.0. The molecule has 0 unspecified atom stereocenters.